The van der Waals surface area contributed by atoms with E-state index in [1.807, 2.05) is 0 Å². The number of nitrogens with zero attached hydrogens (tertiary/aromatic N) is 2. The number of amides is 2. The number of rotatable bonds is 4. The van der Waals surface area contributed by atoms with Gasteiger partial charge in [-0.3, -0.25) is 14.3 Å². The normalized spacial score (nSPS) is 18.0. The smallest absolute Gasteiger partial charge is 0.278 e. The average molecular weight is 380 g/mol. The third kappa shape index (κ3) is 3.20. The van der Waals surface area contributed by atoms with Gasteiger partial charge in [-0.1, -0.05) is 30.3 Å². The molecule has 142 valence electrons. The highest BCUT2D eigenvalue weighted by molar-refractivity contribution is 6.18. The van der Waals surface area contributed by atoms with E-state index in [1.54, 1.807) is 48.7 Å². The molecule has 1 atom stereocenters. The number of hydrogen-bond acceptors (Lipinski definition) is 4. The molecule has 28 heavy (non-hydrogen) atoms. The molecule has 3 aromatic rings. The van der Waals surface area contributed by atoms with Crippen molar-refractivity contribution in [3.05, 3.63) is 72.3 Å². The Morgan fingerprint density at radius 3 is 2.82 bits per heavy atom. The van der Waals surface area contributed by atoms with Crippen LogP contribution in [-0.2, 0) is 16.1 Å². The number of ether oxygens (including phenoxy) is 1. The zero-order chi connectivity index (χ0) is 19.7. The topological polar surface area (TPSA) is 85.2 Å². The Hall–Kier alpha value is -3.68. The summed E-state index contributed by atoms with van der Waals surface area (Å²) in [4.78, 5) is 25.2. The Kier molecular flexibility index (Phi) is 4.31. The molecular weight excluding hydrogens is 363 g/mol. The summed E-state index contributed by atoms with van der Waals surface area (Å²) in [5, 5.41) is 9.43. The highest BCUT2D eigenvalue weighted by Gasteiger charge is 2.47. The molecule has 2 heterocycles. The number of carbonyl (C=O) groups excluding carboxylic acids is 2. The number of aromatic nitrogens is 2. The van der Waals surface area contributed by atoms with E-state index in [9.17, 15) is 14.0 Å². The lowest BCUT2D eigenvalue weighted by molar-refractivity contribution is -0.143. The second-order valence-electron chi connectivity index (χ2n) is 6.56. The van der Waals surface area contributed by atoms with Crippen LogP contribution in [-0.4, -0.2) is 27.2 Å². The number of halogens is 1. The lowest BCUT2D eigenvalue weighted by atomic mass is 10.0. The minimum atomic E-state index is -1.73. The van der Waals surface area contributed by atoms with Crippen LogP contribution in [0.4, 0.5) is 15.8 Å². The third-order valence-electron chi connectivity index (χ3n) is 4.50. The van der Waals surface area contributed by atoms with Gasteiger partial charge in [0.2, 0.25) is 0 Å². The Morgan fingerprint density at radius 1 is 1.25 bits per heavy atom. The Labute approximate surface area is 160 Å². The molecule has 8 heteroatoms. The van der Waals surface area contributed by atoms with E-state index in [-0.39, 0.29) is 12.4 Å². The van der Waals surface area contributed by atoms with Gasteiger partial charge in [0.1, 0.15) is 11.6 Å². The molecule has 0 spiro atoms. The molecule has 0 aliphatic carbocycles. The zero-order valence-corrected chi connectivity index (χ0v) is 15.0. The van der Waals surface area contributed by atoms with Crippen LogP contribution < -0.4 is 15.4 Å². The fourth-order valence-electron chi connectivity index (χ4n) is 2.88. The summed E-state index contributed by atoms with van der Waals surface area (Å²) in [5.74, 6) is -1.12. The summed E-state index contributed by atoms with van der Waals surface area (Å²) in [6.45, 7) is 1.61. The Morgan fingerprint density at radius 2 is 2.00 bits per heavy atom. The summed E-state index contributed by atoms with van der Waals surface area (Å²) in [5.41, 5.74) is -0.377. The first-order valence-corrected chi connectivity index (χ1v) is 8.62. The highest BCUT2D eigenvalue weighted by atomic mass is 19.1. The summed E-state index contributed by atoms with van der Waals surface area (Å²) in [7, 11) is 0. The van der Waals surface area contributed by atoms with E-state index in [0.717, 1.165) is 0 Å². The van der Waals surface area contributed by atoms with E-state index in [0.29, 0.717) is 22.7 Å². The quantitative estimate of drug-likeness (QED) is 0.682. The van der Waals surface area contributed by atoms with Gasteiger partial charge < -0.3 is 15.4 Å². The first kappa shape index (κ1) is 17.7. The number of anilines is 2. The maximum Gasteiger partial charge on any atom is 0.278 e. The van der Waals surface area contributed by atoms with Gasteiger partial charge in [0.15, 0.2) is 0 Å². The average Bonchev–Trinajstić information content (AvgIpc) is 3.11. The van der Waals surface area contributed by atoms with Crippen molar-refractivity contribution in [3.63, 3.8) is 0 Å². The predicted molar refractivity (Wildman–Crippen MR) is 100 cm³/mol. The van der Waals surface area contributed by atoms with Crippen LogP contribution >= 0.6 is 0 Å². The number of carbonyl (C=O) groups is 2. The van der Waals surface area contributed by atoms with Crippen LogP contribution in [0.25, 0.3) is 0 Å². The minimum Gasteiger partial charge on any atom is -0.466 e. The summed E-state index contributed by atoms with van der Waals surface area (Å²) in [6.07, 6.45) is 2.99. The molecular formula is C20H17FN4O3. The van der Waals surface area contributed by atoms with Crippen molar-refractivity contribution in [2.24, 2.45) is 0 Å². The molecule has 4 rings (SSSR count). The van der Waals surface area contributed by atoms with Crippen LogP contribution in [0.15, 0.2) is 60.9 Å². The molecule has 0 radical (unpaired) electrons. The van der Waals surface area contributed by atoms with Crippen molar-refractivity contribution in [3.8, 4) is 5.75 Å². The van der Waals surface area contributed by atoms with Gasteiger partial charge in [0.25, 0.3) is 17.4 Å². The molecule has 0 fully saturated rings. The van der Waals surface area contributed by atoms with Gasteiger partial charge in [-0.05, 0) is 25.1 Å². The SMILES string of the molecule is CC1(C(=O)Nc2cnn(Cc3ccccc3F)c2)Oc2ccccc2NC1=O. The number of hydrogen-bond donors (Lipinski definition) is 2. The highest BCUT2D eigenvalue weighted by Crippen LogP contribution is 2.33. The Bertz CT molecular complexity index is 1060. The molecule has 1 unspecified atom stereocenters. The van der Waals surface area contributed by atoms with Crippen molar-refractivity contribution >= 4 is 23.2 Å². The van der Waals surface area contributed by atoms with Crippen LogP contribution in [0.2, 0.25) is 0 Å². The molecule has 0 saturated carbocycles. The number of para-hydroxylation sites is 2. The molecule has 2 amide bonds. The molecule has 1 aromatic heterocycles. The lowest BCUT2D eigenvalue weighted by Crippen LogP contribution is -2.56. The molecule has 0 saturated heterocycles. The fraction of sp³-hybridized carbons (Fsp3) is 0.150. The second-order valence-corrected chi connectivity index (χ2v) is 6.56. The minimum absolute atomic E-state index is 0.212. The largest absolute Gasteiger partial charge is 0.466 e. The molecule has 7 nitrogen and oxygen atoms in total. The Balaban J connectivity index is 1.49. The third-order valence-corrected chi connectivity index (χ3v) is 4.50. The fourth-order valence-corrected chi connectivity index (χ4v) is 2.88. The van der Waals surface area contributed by atoms with Gasteiger partial charge in [0, 0.05) is 11.8 Å². The molecule has 2 aromatic carbocycles. The van der Waals surface area contributed by atoms with Crippen LogP contribution in [0.1, 0.15) is 12.5 Å². The first-order valence-electron chi connectivity index (χ1n) is 8.62. The molecule has 2 N–H and O–H groups in total. The van der Waals surface area contributed by atoms with Crippen molar-refractivity contribution in [2.45, 2.75) is 19.1 Å². The van der Waals surface area contributed by atoms with E-state index >= 15 is 0 Å². The zero-order valence-electron chi connectivity index (χ0n) is 15.0. The van der Waals surface area contributed by atoms with Crippen LogP contribution in [0.5, 0.6) is 5.75 Å². The maximum absolute atomic E-state index is 13.8. The van der Waals surface area contributed by atoms with Crippen molar-refractivity contribution in [2.75, 3.05) is 10.6 Å². The summed E-state index contributed by atoms with van der Waals surface area (Å²) in [6, 6.07) is 13.3. The van der Waals surface area contributed by atoms with E-state index in [2.05, 4.69) is 15.7 Å². The van der Waals surface area contributed by atoms with Crippen molar-refractivity contribution in [1.82, 2.24) is 9.78 Å². The van der Waals surface area contributed by atoms with Gasteiger partial charge in [-0.2, -0.15) is 5.10 Å². The van der Waals surface area contributed by atoms with Crippen molar-refractivity contribution < 1.29 is 18.7 Å². The number of fused-ring (bicyclic) bond motifs is 1. The lowest BCUT2D eigenvalue weighted by Gasteiger charge is -2.33. The standard InChI is InChI=1S/C20H17FN4O3/c1-20(19(27)24-16-8-4-5-9-17(16)28-20)18(26)23-14-10-22-25(12-14)11-13-6-2-3-7-15(13)21/h2-10,12H,11H2,1H3,(H,23,26)(H,24,27). The first-order chi connectivity index (χ1) is 13.5. The van der Waals surface area contributed by atoms with Crippen molar-refractivity contribution in [1.29, 1.82) is 0 Å². The van der Waals surface area contributed by atoms with E-state index in [1.165, 1.54) is 23.9 Å². The van der Waals surface area contributed by atoms with E-state index < -0.39 is 17.4 Å². The monoisotopic (exact) mass is 380 g/mol. The molecule has 1 aliphatic heterocycles. The second kappa shape index (κ2) is 6.80. The molecule has 1 aliphatic rings. The van der Waals surface area contributed by atoms with Gasteiger partial charge in [-0.25, -0.2) is 4.39 Å². The van der Waals surface area contributed by atoms with E-state index in [4.69, 9.17) is 4.74 Å². The van der Waals surface area contributed by atoms with Gasteiger partial charge in [0.05, 0.1) is 24.1 Å². The number of benzene rings is 2. The van der Waals surface area contributed by atoms with Crippen LogP contribution in [0.3, 0.4) is 0 Å². The maximum atomic E-state index is 13.8. The number of nitrogens with one attached hydrogen (secondary N) is 2. The van der Waals surface area contributed by atoms with Gasteiger partial charge in [-0.15, -0.1) is 0 Å². The summed E-state index contributed by atoms with van der Waals surface area (Å²) < 4.78 is 21.0. The van der Waals surface area contributed by atoms with Gasteiger partial charge >= 0.3 is 0 Å². The molecule has 0 bridgehead atoms. The van der Waals surface area contributed by atoms with Crippen LogP contribution in [0, 0.1) is 5.82 Å². The summed E-state index contributed by atoms with van der Waals surface area (Å²) >= 11 is 0. The predicted octanol–water partition coefficient (Wildman–Crippen LogP) is 2.80.